The van der Waals surface area contributed by atoms with Crippen molar-refractivity contribution in [2.75, 3.05) is 0 Å². The van der Waals surface area contributed by atoms with Crippen LogP contribution in [0.3, 0.4) is 0 Å². The fourth-order valence-electron chi connectivity index (χ4n) is 5.36. The highest BCUT2D eigenvalue weighted by atomic mass is 14.5. The van der Waals surface area contributed by atoms with Crippen molar-refractivity contribution < 1.29 is 0 Å². The first-order chi connectivity index (χ1) is 13.7. The third-order valence-electron chi connectivity index (χ3n) is 7.62. The molecule has 0 fully saturated rings. The second kappa shape index (κ2) is 7.01. The van der Waals surface area contributed by atoms with E-state index in [-0.39, 0.29) is 16.2 Å². The Labute approximate surface area is 178 Å². The summed E-state index contributed by atoms with van der Waals surface area (Å²) in [7, 11) is 0. The summed E-state index contributed by atoms with van der Waals surface area (Å²) < 4.78 is 0. The second-order valence-electron chi connectivity index (χ2n) is 9.49. The van der Waals surface area contributed by atoms with Crippen LogP contribution in [0.25, 0.3) is 21.9 Å². The zero-order valence-electron chi connectivity index (χ0n) is 20.1. The van der Waals surface area contributed by atoms with Gasteiger partial charge in [-0.1, -0.05) is 118 Å². The molecule has 0 N–H and O–H groups in total. The van der Waals surface area contributed by atoms with Crippen LogP contribution in [-0.2, 0) is 16.2 Å². The van der Waals surface area contributed by atoms with E-state index in [9.17, 15) is 0 Å². The summed E-state index contributed by atoms with van der Waals surface area (Å²) in [6.07, 6.45) is 0. The quantitative estimate of drug-likeness (QED) is 0.362. The standard InChI is InChI=1S/C25H26.2C2H6/c1-23(2)16-10-7-9-15-13-14-19-22(20(15)16)21-17(23)11-8-12-18(21)24(3,4)25(19,5)6;2*1-2/h7-14H,1-6H3;2*1-2H3. The van der Waals surface area contributed by atoms with Crippen molar-refractivity contribution >= 4 is 10.8 Å². The molecular formula is C29H38. The smallest absolute Gasteiger partial charge is 0.0159 e. The molecule has 154 valence electrons. The van der Waals surface area contributed by atoms with Crippen molar-refractivity contribution in [1.29, 1.82) is 0 Å². The number of benzene rings is 3. The van der Waals surface area contributed by atoms with E-state index in [1.807, 2.05) is 27.7 Å². The minimum atomic E-state index is 0.0358. The first-order valence-electron chi connectivity index (χ1n) is 11.4. The zero-order chi connectivity index (χ0) is 21.8. The van der Waals surface area contributed by atoms with E-state index in [0.29, 0.717) is 0 Å². The number of rotatable bonds is 0. The molecule has 0 atom stereocenters. The molecule has 0 radical (unpaired) electrons. The van der Waals surface area contributed by atoms with Crippen molar-refractivity contribution in [3.8, 4) is 11.1 Å². The van der Waals surface area contributed by atoms with Crippen LogP contribution in [0.1, 0.15) is 91.5 Å². The zero-order valence-corrected chi connectivity index (χ0v) is 20.1. The van der Waals surface area contributed by atoms with Crippen LogP contribution >= 0.6 is 0 Å². The van der Waals surface area contributed by atoms with Crippen LogP contribution < -0.4 is 0 Å². The fourth-order valence-corrected chi connectivity index (χ4v) is 5.36. The highest BCUT2D eigenvalue weighted by molar-refractivity contribution is 6.06. The van der Waals surface area contributed by atoms with Gasteiger partial charge in [0.05, 0.1) is 0 Å². The van der Waals surface area contributed by atoms with Gasteiger partial charge in [-0.15, -0.1) is 0 Å². The Morgan fingerprint density at radius 3 is 1.59 bits per heavy atom. The molecule has 0 saturated carbocycles. The van der Waals surface area contributed by atoms with Gasteiger partial charge in [0.15, 0.2) is 0 Å². The lowest BCUT2D eigenvalue weighted by molar-refractivity contribution is 0.298. The number of hydrogen-bond acceptors (Lipinski definition) is 0. The first kappa shape index (κ1) is 21.6. The Morgan fingerprint density at radius 1 is 0.483 bits per heavy atom. The summed E-state index contributed by atoms with van der Waals surface area (Å²) in [5.74, 6) is 0. The van der Waals surface area contributed by atoms with Gasteiger partial charge in [-0.25, -0.2) is 0 Å². The van der Waals surface area contributed by atoms with Gasteiger partial charge in [0.25, 0.3) is 0 Å². The lowest BCUT2D eigenvalue weighted by Crippen LogP contribution is -2.45. The maximum Gasteiger partial charge on any atom is 0.0159 e. The van der Waals surface area contributed by atoms with Crippen molar-refractivity contribution in [3.05, 3.63) is 70.8 Å². The molecule has 0 bridgehead atoms. The van der Waals surface area contributed by atoms with Crippen LogP contribution in [0.4, 0.5) is 0 Å². The molecule has 3 aromatic carbocycles. The molecule has 2 aliphatic carbocycles. The molecule has 0 heterocycles. The molecule has 0 spiro atoms. The molecule has 0 amide bonds. The predicted octanol–water partition coefficient (Wildman–Crippen LogP) is 8.77. The van der Waals surface area contributed by atoms with Crippen molar-refractivity contribution in [2.45, 2.75) is 85.5 Å². The summed E-state index contributed by atoms with van der Waals surface area (Å²) in [5.41, 5.74) is 9.22. The van der Waals surface area contributed by atoms with E-state index in [4.69, 9.17) is 0 Å². The SMILES string of the molecule is CC.CC.CC1(C)c2cccc3c2-c2c(ccc4cccc1c24)C(C)(C)C3(C)C. The lowest BCUT2D eigenvalue weighted by atomic mass is 9.52. The molecule has 5 rings (SSSR count). The van der Waals surface area contributed by atoms with Crippen molar-refractivity contribution in [3.63, 3.8) is 0 Å². The van der Waals surface area contributed by atoms with Gasteiger partial charge in [0.2, 0.25) is 0 Å². The Hall–Kier alpha value is -2.08. The Balaban J connectivity index is 0.000000568. The maximum atomic E-state index is 2.42. The van der Waals surface area contributed by atoms with E-state index in [2.05, 4.69) is 90.1 Å². The van der Waals surface area contributed by atoms with E-state index >= 15 is 0 Å². The summed E-state index contributed by atoms with van der Waals surface area (Å²) >= 11 is 0. The summed E-state index contributed by atoms with van der Waals surface area (Å²) in [5, 5.41) is 2.86. The predicted molar refractivity (Wildman–Crippen MR) is 130 cm³/mol. The van der Waals surface area contributed by atoms with Gasteiger partial charge in [0.1, 0.15) is 0 Å². The minimum Gasteiger partial charge on any atom is -0.0683 e. The van der Waals surface area contributed by atoms with Crippen LogP contribution in [0.15, 0.2) is 48.5 Å². The highest BCUT2D eigenvalue weighted by Crippen LogP contribution is 2.60. The third-order valence-corrected chi connectivity index (χ3v) is 7.62. The molecule has 2 aliphatic rings. The van der Waals surface area contributed by atoms with Gasteiger partial charge in [-0.3, -0.25) is 0 Å². The molecule has 0 nitrogen and oxygen atoms in total. The van der Waals surface area contributed by atoms with Gasteiger partial charge in [-0.2, -0.15) is 0 Å². The average Bonchev–Trinajstić information content (AvgIpc) is 2.73. The highest BCUT2D eigenvalue weighted by Gasteiger charge is 2.49. The minimum absolute atomic E-state index is 0.0358. The fraction of sp³-hybridized carbons (Fsp3) is 0.448. The monoisotopic (exact) mass is 386 g/mol. The van der Waals surface area contributed by atoms with Crippen LogP contribution in [0.5, 0.6) is 0 Å². The van der Waals surface area contributed by atoms with Crippen LogP contribution in [-0.4, -0.2) is 0 Å². The molecule has 3 aromatic rings. The molecule has 0 aromatic heterocycles. The largest absolute Gasteiger partial charge is 0.0683 e. The second-order valence-corrected chi connectivity index (χ2v) is 9.49. The topological polar surface area (TPSA) is 0 Å². The van der Waals surface area contributed by atoms with Gasteiger partial charge in [-0.05, 0) is 55.0 Å². The van der Waals surface area contributed by atoms with E-state index in [1.54, 1.807) is 0 Å². The Morgan fingerprint density at radius 2 is 0.966 bits per heavy atom. The van der Waals surface area contributed by atoms with Crippen molar-refractivity contribution in [1.82, 2.24) is 0 Å². The Bertz CT molecular complexity index is 1060. The third kappa shape index (κ3) is 2.57. The van der Waals surface area contributed by atoms with E-state index < -0.39 is 0 Å². The van der Waals surface area contributed by atoms with Crippen LogP contribution in [0.2, 0.25) is 0 Å². The summed E-state index contributed by atoms with van der Waals surface area (Å²) in [6, 6.07) is 18.6. The molecule has 0 heteroatoms. The Kier molecular flexibility index (Phi) is 5.23. The summed E-state index contributed by atoms with van der Waals surface area (Å²) in [6.45, 7) is 22.5. The molecule has 0 aliphatic heterocycles. The summed E-state index contributed by atoms with van der Waals surface area (Å²) in [4.78, 5) is 0. The number of hydrogen-bond donors (Lipinski definition) is 0. The first-order valence-corrected chi connectivity index (χ1v) is 11.4. The van der Waals surface area contributed by atoms with Gasteiger partial charge < -0.3 is 0 Å². The van der Waals surface area contributed by atoms with Gasteiger partial charge >= 0.3 is 0 Å². The molecular weight excluding hydrogens is 348 g/mol. The van der Waals surface area contributed by atoms with E-state index in [0.717, 1.165) is 0 Å². The van der Waals surface area contributed by atoms with Crippen LogP contribution in [0, 0.1) is 0 Å². The molecule has 0 saturated heterocycles. The normalized spacial score (nSPS) is 18.1. The lowest BCUT2D eigenvalue weighted by Gasteiger charge is -2.51. The van der Waals surface area contributed by atoms with Gasteiger partial charge in [0, 0.05) is 5.41 Å². The molecule has 0 unspecified atom stereocenters. The molecule has 29 heavy (non-hydrogen) atoms. The maximum absolute atomic E-state index is 2.42. The van der Waals surface area contributed by atoms with Crippen molar-refractivity contribution in [2.24, 2.45) is 0 Å². The average molecular weight is 387 g/mol. The van der Waals surface area contributed by atoms with E-state index in [1.165, 1.54) is 44.2 Å².